The molecule has 6 nitrogen and oxygen atoms in total. The Morgan fingerprint density at radius 2 is 1.94 bits per heavy atom. The quantitative estimate of drug-likeness (QED) is 0.652. The van der Waals surface area contributed by atoms with Crippen LogP contribution in [0.3, 0.4) is 0 Å². The van der Waals surface area contributed by atoms with Crippen LogP contribution in [-0.4, -0.2) is 26.0 Å². The molecule has 0 aromatic heterocycles. The summed E-state index contributed by atoms with van der Waals surface area (Å²) in [7, 11) is -3.86. The normalized spacial score (nSPS) is 13.2. The summed E-state index contributed by atoms with van der Waals surface area (Å²) in [6.45, 7) is -0.219. The van der Waals surface area contributed by atoms with Crippen LogP contribution in [0.5, 0.6) is 0 Å². The van der Waals surface area contributed by atoms with Crippen LogP contribution in [0.4, 0.5) is 0 Å². The van der Waals surface area contributed by atoms with Gasteiger partial charge in [0.15, 0.2) is 0 Å². The molecule has 0 spiro atoms. The van der Waals surface area contributed by atoms with Crippen molar-refractivity contribution in [2.45, 2.75) is 6.42 Å². The summed E-state index contributed by atoms with van der Waals surface area (Å²) < 4.78 is 23.4. The average molecular weight is 258 g/mol. The van der Waals surface area contributed by atoms with E-state index < -0.39 is 22.1 Å². The maximum atomic E-state index is 10.9. The van der Waals surface area contributed by atoms with Crippen molar-refractivity contribution in [3.63, 3.8) is 0 Å². The molecule has 0 fully saturated rings. The number of nitrogens with two attached hydrogens (primary N) is 1. The van der Waals surface area contributed by atoms with Gasteiger partial charge in [-0.15, -0.1) is 0 Å². The standard InChI is InChI=1S/C10H14N2O4S/c11-17(15,16)12-7-9(10(13)14)6-8-4-2-1-3-5-8/h1-5,9,12H,6-7H2,(H,13,14)(H2,11,15,16)/t9-/m1/s1. The van der Waals surface area contributed by atoms with E-state index in [1.54, 1.807) is 24.3 Å². The molecular formula is C10H14N2O4S. The van der Waals surface area contributed by atoms with Gasteiger partial charge in [0, 0.05) is 6.54 Å². The molecule has 0 unspecified atom stereocenters. The van der Waals surface area contributed by atoms with Gasteiger partial charge >= 0.3 is 5.97 Å². The summed E-state index contributed by atoms with van der Waals surface area (Å²) in [5, 5.41) is 13.7. The van der Waals surface area contributed by atoms with Crippen molar-refractivity contribution >= 4 is 16.2 Å². The summed E-state index contributed by atoms with van der Waals surface area (Å²) in [6.07, 6.45) is 0.249. The Bertz CT molecular complexity index is 472. The van der Waals surface area contributed by atoms with Gasteiger partial charge in [0.05, 0.1) is 5.92 Å². The van der Waals surface area contributed by atoms with Gasteiger partial charge in [-0.25, -0.2) is 9.86 Å². The zero-order valence-electron chi connectivity index (χ0n) is 9.04. The lowest BCUT2D eigenvalue weighted by molar-refractivity contribution is -0.141. The molecule has 1 aromatic carbocycles. The largest absolute Gasteiger partial charge is 0.481 e. The van der Waals surface area contributed by atoms with Crippen molar-refractivity contribution in [1.82, 2.24) is 4.72 Å². The molecule has 0 aliphatic rings. The minimum atomic E-state index is -3.86. The Morgan fingerprint density at radius 3 is 2.41 bits per heavy atom. The molecular weight excluding hydrogens is 244 g/mol. The summed E-state index contributed by atoms with van der Waals surface area (Å²) in [4.78, 5) is 10.9. The SMILES string of the molecule is NS(=O)(=O)NC[C@@H](Cc1ccccc1)C(=O)O. The second kappa shape index (κ2) is 5.76. The van der Waals surface area contributed by atoms with Crippen molar-refractivity contribution in [3.05, 3.63) is 35.9 Å². The lowest BCUT2D eigenvalue weighted by Crippen LogP contribution is -2.37. The first kappa shape index (κ1) is 13.6. The molecule has 0 bridgehead atoms. The molecule has 17 heavy (non-hydrogen) atoms. The predicted octanol–water partition coefficient (Wildman–Crippen LogP) is -0.277. The van der Waals surface area contributed by atoms with E-state index in [2.05, 4.69) is 0 Å². The number of aliphatic carboxylic acids is 1. The summed E-state index contributed by atoms with van der Waals surface area (Å²) in [6, 6.07) is 8.98. The van der Waals surface area contributed by atoms with Crippen molar-refractivity contribution in [2.24, 2.45) is 11.1 Å². The monoisotopic (exact) mass is 258 g/mol. The van der Waals surface area contributed by atoms with Gasteiger partial charge in [0.25, 0.3) is 10.2 Å². The Morgan fingerprint density at radius 1 is 1.35 bits per heavy atom. The molecule has 0 aliphatic heterocycles. The van der Waals surface area contributed by atoms with E-state index in [0.29, 0.717) is 0 Å². The average Bonchev–Trinajstić information content (AvgIpc) is 2.24. The van der Waals surface area contributed by atoms with Gasteiger partial charge in [-0.05, 0) is 12.0 Å². The highest BCUT2D eigenvalue weighted by atomic mass is 32.2. The number of carboxylic acids is 1. The van der Waals surface area contributed by atoms with Crippen LogP contribution in [-0.2, 0) is 21.4 Å². The maximum absolute atomic E-state index is 10.9. The van der Waals surface area contributed by atoms with E-state index in [9.17, 15) is 13.2 Å². The van der Waals surface area contributed by atoms with Crippen LogP contribution >= 0.6 is 0 Å². The third-order valence-electron chi connectivity index (χ3n) is 2.21. The van der Waals surface area contributed by atoms with E-state index in [1.807, 2.05) is 10.8 Å². The van der Waals surface area contributed by atoms with Crippen LogP contribution in [0.25, 0.3) is 0 Å². The second-order valence-electron chi connectivity index (χ2n) is 3.62. The molecule has 7 heteroatoms. The van der Waals surface area contributed by atoms with E-state index in [4.69, 9.17) is 10.2 Å². The van der Waals surface area contributed by atoms with Crippen molar-refractivity contribution in [1.29, 1.82) is 0 Å². The first-order chi connectivity index (χ1) is 7.88. The zero-order chi connectivity index (χ0) is 12.9. The fraction of sp³-hybridized carbons (Fsp3) is 0.300. The molecule has 0 saturated heterocycles. The molecule has 94 valence electrons. The predicted molar refractivity (Wildman–Crippen MR) is 62.4 cm³/mol. The lowest BCUT2D eigenvalue weighted by Gasteiger charge is -2.12. The number of hydrogen-bond donors (Lipinski definition) is 3. The lowest BCUT2D eigenvalue weighted by atomic mass is 10.00. The molecule has 0 aliphatic carbocycles. The first-order valence-corrected chi connectivity index (χ1v) is 6.47. The fourth-order valence-electron chi connectivity index (χ4n) is 1.36. The molecule has 0 radical (unpaired) electrons. The molecule has 1 rings (SSSR count). The highest BCUT2D eigenvalue weighted by molar-refractivity contribution is 7.87. The van der Waals surface area contributed by atoms with E-state index in [0.717, 1.165) is 5.56 Å². The van der Waals surface area contributed by atoms with Crippen LogP contribution in [0, 0.1) is 5.92 Å². The molecule has 0 saturated carbocycles. The smallest absolute Gasteiger partial charge is 0.308 e. The molecule has 1 atom stereocenters. The number of rotatable bonds is 6. The third-order valence-corrected chi connectivity index (χ3v) is 2.77. The number of benzene rings is 1. The van der Waals surface area contributed by atoms with Crippen molar-refractivity contribution in [3.8, 4) is 0 Å². The van der Waals surface area contributed by atoms with Crippen LogP contribution in [0.1, 0.15) is 5.56 Å². The molecule has 1 aromatic rings. The van der Waals surface area contributed by atoms with Gasteiger partial charge in [-0.3, -0.25) is 4.79 Å². The van der Waals surface area contributed by atoms with E-state index in [-0.39, 0.29) is 13.0 Å². The van der Waals surface area contributed by atoms with E-state index >= 15 is 0 Å². The Kier molecular flexibility index (Phi) is 4.62. The summed E-state index contributed by atoms with van der Waals surface area (Å²) in [5.74, 6) is -1.90. The fourth-order valence-corrected chi connectivity index (χ4v) is 1.80. The minimum absolute atomic E-state index is 0.219. The maximum Gasteiger partial charge on any atom is 0.308 e. The topological polar surface area (TPSA) is 109 Å². The number of carbonyl (C=O) groups is 1. The Balaban J connectivity index is 2.65. The van der Waals surface area contributed by atoms with Crippen LogP contribution in [0.2, 0.25) is 0 Å². The van der Waals surface area contributed by atoms with Crippen LogP contribution in [0.15, 0.2) is 30.3 Å². The zero-order valence-corrected chi connectivity index (χ0v) is 9.85. The summed E-state index contributed by atoms with van der Waals surface area (Å²) in [5.41, 5.74) is 0.830. The van der Waals surface area contributed by atoms with Crippen LogP contribution < -0.4 is 9.86 Å². The first-order valence-electron chi connectivity index (χ1n) is 4.92. The second-order valence-corrected chi connectivity index (χ2v) is 5.00. The van der Waals surface area contributed by atoms with Gasteiger partial charge in [0.1, 0.15) is 0 Å². The van der Waals surface area contributed by atoms with Gasteiger partial charge < -0.3 is 5.11 Å². The molecule has 0 amide bonds. The van der Waals surface area contributed by atoms with E-state index in [1.165, 1.54) is 0 Å². The molecule has 0 heterocycles. The van der Waals surface area contributed by atoms with Gasteiger partial charge in [-0.2, -0.15) is 8.42 Å². The minimum Gasteiger partial charge on any atom is -0.481 e. The van der Waals surface area contributed by atoms with Crippen molar-refractivity contribution in [2.75, 3.05) is 6.54 Å². The van der Waals surface area contributed by atoms with Gasteiger partial charge in [0.2, 0.25) is 0 Å². The number of carboxylic acid groups (broad SMARTS) is 1. The van der Waals surface area contributed by atoms with Gasteiger partial charge in [-0.1, -0.05) is 30.3 Å². The highest BCUT2D eigenvalue weighted by Gasteiger charge is 2.19. The number of hydrogen-bond acceptors (Lipinski definition) is 3. The van der Waals surface area contributed by atoms with Crippen molar-refractivity contribution < 1.29 is 18.3 Å². The highest BCUT2D eigenvalue weighted by Crippen LogP contribution is 2.08. The Labute approximate surface area is 99.6 Å². The third kappa shape index (κ3) is 5.43. The summed E-state index contributed by atoms with van der Waals surface area (Å²) >= 11 is 0. The molecule has 4 N–H and O–H groups in total. The Hall–Kier alpha value is -1.44. The number of nitrogens with one attached hydrogen (secondary N) is 1.